The molecule has 0 amide bonds. The fourth-order valence-electron chi connectivity index (χ4n) is 1.66. The molecule has 0 aliphatic rings. The molecule has 0 aliphatic carbocycles. The highest BCUT2D eigenvalue weighted by molar-refractivity contribution is 5.06. The average Bonchev–Trinajstić information content (AvgIpc) is 2.66. The molecule has 1 atom stereocenters. The maximum Gasteiger partial charge on any atom is 0.129 e. The lowest BCUT2D eigenvalue weighted by Gasteiger charge is -2.18. The van der Waals surface area contributed by atoms with E-state index in [-0.39, 0.29) is 0 Å². The number of likely N-dealkylation sites (N-methyl/N-ethyl adjacent to an activating group) is 1. The van der Waals surface area contributed by atoms with E-state index in [4.69, 9.17) is 13.9 Å². The molecule has 5 nitrogen and oxygen atoms in total. The van der Waals surface area contributed by atoms with Gasteiger partial charge in [-0.25, -0.2) is 0 Å². The number of aliphatic hydroxyl groups excluding tert-OH is 1. The first-order chi connectivity index (χ1) is 8.15. The van der Waals surface area contributed by atoms with Crippen molar-refractivity contribution in [1.29, 1.82) is 0 Å². The van der Waals surface area contributed by atoms with E-state index in [2.05, 4.69) is 0 Å². The lowest BCUT2D eigenvalue weighted by molar-refractivity contribution is 0.0405. The second-order valence-corrected chi connectivity index (χ2v) is 4.11. The first-order valence-electron chi connectivity index (χ1n) is 5.57. The van der Waals surface area contributed by atoms with Gasteiger partial charge < -0.3 is 19.0 Å². The van der Waals surface area contributed by atoms with Gasteiger partial charge in [0.2, 0.25) is 0 Å². The van der Waals surface area contributed by atoms with Crippen molar-refractivity contribution in [2.45, 2.75) is 19.3 Å². The highest BCUT2D eigenvalue weighted by Gasteiger charge is 2.10. The summed E-state index contributed by atoms with van der Waals surface area (Å²) < 4.78 is 15.4. The minimum atomic E-state index is -0.474. The van der Waals surface area contributed by atoms with Crippen molar-refractivity contribution in [3.63, 3.8) is 0 Å². The van der Waals surface area contributed by atoms with Gasteiger partial charge in [-0.05, 0) is 19.2 Å². The minimum absolute atomic E-state index is 0.345. The van der Waals surface area contributed by atoms with Crippen LogP contribution < -0.4 is 0 Å². The van der Waals surface area contributed by atoms with Gasteiger partial charge in [0.05, 0.1) is 19.3 Å². The summed E-state index contributed by atoms with van der Waals surface area (Å²) in [6.45, 7) is 2.03. The van der Waals surface area contributed by atoms with Gasteiger partial charge in [-0.2, -0.15) is 0 Å². The Hall–Kier alpha value is -0.880. The minimum Gasteiger partial charge on any atom is -0.462 e. The monoisotopic (exact) mass is 243 g/mol. The second-order valence-electron chi connectivity index (χ2n) is 4.11. The number of furan rings is 1. The Morgan fingerprint density at radius 2 is 2.00 bits per heavy atom. The topological polar surface area (TPSA) is 55.1 Å². The van der Waals surface area contributed by atoms with E-state index in [0.717, 1.165) is 11.5 Å². The van der Waals surface area contributed by atoms with Crippen LogP contribution in [0.1, 0.15) is 11.5 Å². The van der Waals surface area contributed by atoms with Gasteiger partial charge in [-0.1, -0.05) is 0 Å². The Balaban J connectivity index is 2.36. The highest BCUT2D eigenvalue weighted by atomic mass is 16.5. The van der Waals surface area contributed by atoms with Gasteiger partial charge >= 0.3 is 0 Å². The predicted octanol–water partition coefficient (Wildman–Crippen LogP) is 0.865. The summed E-state index contributed by atoms with van der Waals surface area (Å²) in [5, 5.41) is 9.57. The van der Waals surface area contributed by atoms with Crippen molar-refractivity contribution in [2.24, 2.45) is 0 Å². The summed E-state index contributed by atoms with van der Waals surface area (Å²) in [5.74, 6) is 1.68. The van der Waals surface area contributed by atoms with Gasteiger partial charge in [-0.3, -0.25) is 4.90 Å². The van der Waals surface area contributed by atoms with Crippen LogP contribution in [0.3, 0.4) is 0 Å². The molecule has 17 heavy (non-hydrogen) atoms. The van der Waals surface area contributed by atoms with E-state index in [1.165, 1.54) is 0 Å². The van der Waals surface area contributed by atoms with Gasteiger partial charge in [0.25, 0.3) is 0 Å². The van der Waals surface area contributed by atoms with Crippen LogP contribution in [0.2, 0.25) is 0 Å². The summed E-state index contributed by atoms with van der Waals surface area (Å²) >= 11 is 0. The normalized spacial score (nSPS) is 13.2. The number of aliphatic hydroxyl groups is 1. The number of nitrogens with zero attached hydrogens (tertiary/aromatic N) is 1. The van der Waals surface area contributed by atoms with E-state index in [1.54, 1.807) is 14.2 Å². The molecule has 0 fully saturated rings. The molecular formula is C12H21NO4. The molecule has 0 aromatic carbocycles. The third-order valence-electron chi connectivity index (χ3n) is 2.31. The van der Waals surface area contributed by atoms with Crippen LogP contribution in [-0.4, -0.2) is 50.5 Å². The molecule has 1 aromatic heterocycles. The van der Waals surface area contributed by atoms with E-state index >= 15 is 0 Å². The number of rotatable bonds is 8. The standard InChI is InChI=1S/C12H21NO4/c1-13(6-10(14)8-15-2)7-11-4-5-12(17-11)9-16-3/h4-5,10,14H,6-9H2,1-3H3. The van der Waals surface area contributed by atoms with Crippen LogP contribution in [0.4, 0.5) is 0 Å². The molecule has 0 saturated heterocycles. The Bertz CT molecular complexity index is 313. The fourth-order valence-corrected chi connectivity index (χ4v) is 1.66. The van der Waals surface area contributed by atoms with E-state index in [0.29, 0.717) is 26.3 Å². The molecule has 0 radical (unpaired) electrons. The first-order valence-corrected chi connectivity index (χ1v) is 5.57. The summed E-state index contributed by atoms with van der Waals surface area (Å²) in [7, 11) is 5.14. The van der Waals surface area contributed by atoms with Crippen LogP contribution in [0.5, 0.6) is 0 Å². The van der Waals surface area contributed by atoms with Crippen molar-refractivity contribution in [3.05, 3.63) is 23.7 Å². The molecule has 98 valence electrons. The quantitative estimate of drug-likeness (QED) is 0.734. The maximum atomic E-state index is 9.57. The van der Waals surface area contributed by atoms with Gasteiger partial charge in [0.1, 0.15) is 18.1 Å². The number of hydrogen-bond acceptors (Lipinski definition) is 5. The van der Waals surface area contributed by atoms with Crippen molar-refractivity contribution < 1.29 is 19.0 Å². The molecule has 0 saturated carbocycles. The van der Waals surface area contributed by atoms with Crippen molar-refractivity contribution in [1.82, 2.24) is 4.90 Å². The van der Waals surface area contributed by atoms with Crippen LogP contribution in [0.15, 0.2) is 16.5 Å². The molecule has 1 heterocycles. The molecule has 1 rings (SSSR count). The first kappa shape index (κ1) is 14.2. The Labute approximate surface area is 102 Å². The maximum absolute atomic E-state index is 9.57. The van der Waals surface area contributed by atoms with Crippen molar-refractivity contribution in [2.75, 3.05) is 34.4 Å². The summed E-state index contributed by atoms with van der Waals surface area (Å²) in [4.78, 5) is 1.99. The van der Waals surface area contributed by atoms with Crippen LogP contribution in [0.25, 0.3) is 0 Å². The highest BCUT2D eigenvalue weighted by Crippen LogP contribution is 2.10. The lowest BCUT2D eigenvalue weighted by atomic mass is 10.3. The third-order valence-corrected chi connectivity index (χ3v) is 2.31. The molecule has 0 aliphatic heterocycles. The number of hydrogen-bond donors (Lipinski definition) is 1. The zero-order chi connectivity index (χ0) is 12.7. The van der Waals surface area contributed by atoms with Crippen LogP contribution >= 0.6 is 0 Å². The molecular weight excluding hydrogens is 222 g/mol. The number of methoxy groups -OCH3 is 2. The molecule has 0 bridgehead atoms. The smallest absolute Gasteiger partial charge is 0.129 e. The second kappa shape index (κ2) is 7.45. The van der Waals surface area contributed by atoms with Crippen LogP contribution in [0, 0.1) is 0 Å². The van der Waals surface area contributed by atoms with E-state index in [1.807, 2.05) is 24.1 Å². The van der Waals surface area contributed by atoms with Crippen molar-refractivity contribution in [3.8, 4) is 0 Å². The SMILES string of the molecule is COCc1ccc(CN(C)CC(O)COC)o1. The molecule has 1 unspecified atom stereocenters. The van der Waals surface area contributed by atoms with Gasteiger partial charge in [-0.15, -0.1) is 0 Å². The largest absolute Gasteiger partial charge is 0.462 e. The number of ether oxygens (including phenoxy) is 2. The average molecular weight is 243 g/mol. The summed E-state index contributed by atoms with van der Waals surface area (Å²) in [6, 6.07) is 3.83. The lowest BCUT2D eigenvalue weighted by Crippen LogP contribution is -2.31. The Morgan fingerprint density at radius 3 is 2.65 bits per heavy atom. The summed E-state index contributed by atoms with van der Waals surface area (Å²) in [5.41, 5.74) is 0. The molecule has 1 N–H and O–H groups in total. The fraction of sp³-hybridized carbons (Fsp3) is 0.667. The molecule has 1 aromatic rings. The van der Waals surface area contributed by atoms with Crippen LogP contribution in [-0.2, 0) is 22.6 Å². The van der Waals surface area contributed by atoms with E-state index < -0.39 is 6.10 Å². The zero-order valence-corrected chi connectivity index (χ0v) is 10.7. The Morgan fingerprint density at radius 1 is 1.29 bits per heavy atom. The van der Waals surface area contributed by atoms with Gasteiger partial charge in [0.15, 0.2) is 0 Å². The zero-order valence-electron chi connectivity index (χ0n) is 10.7. The van der Waals surface area contributed by atoms with Crippen molar-refractivity contribution >= 4 is 0 Å². The van der Waals surface area contributed by atoms with Gasteiger partial charge in [0, 0.05) is 20.8 Å². The summed E-state index contributed by atoms with van der Waals surface area (Å²) in [6.07, 6.45) is -0.474. The molecule has 0 spiro atoms. The predicted molar refractivity (Wildman–Crippen MR) is 63.6 cm³/mol. The Kier molecular flexibility index (Phi) is 6.21. The molecule has 5 heteroatoms. The third kappa shape index (κ3) is 5.32. The van der Waals surface area contributed by atoms with E-state index in [9.17, 15) is 5.11 Å².